The molecule has 0 aromatic heterocycles. The Balaban J connectivity index is 1.88. The molecule has 1 aliphatic rings. The Hall–Kier alpha value is -2.29. The second-order valence-corrected chi connectivity index (χ2v) is 5.69. The number of aliphatic imine (C=N–C) groups is 1. The number of hydrogen-bond donors (Lipinski definition) is 1. The van der Waals surface area contributed by atoms with E-state index in [1.165, 1.54) is 22.3 Å². The Morgan fingerprint density at radius 3 is 2.62 bits per heavy atom. The first-order valence-electron chi connectivity index (χ1n) is 7.33. The predicted octanol–water partition coefficient (Wildman–Crippen LogP) is 3.18. The number of nitrogens with two attached hydrogens (primary N) is 1. The zero-order valence-corrected chi connectivity index (χ0v) is 12.6. The minimum absolute atomic E-state index is 0.241. The van der Waals surface area contributed by atoms with Crippen molar-refractivity contribution in [1.29, 1.82) is 0 Å². The molecule has 0 bridgehead atoms. The maximum atomic E-state index is 6.11. The van der Waals surface area contributed by atoms with Gasteiger partial charge in [0.05, 0.1) is 12.6 Å². The molecule has 3 heteroatoms. The first kappa shape index (κ1) is 13.7. The van der Waals surface area contributed by atoms with Crippen LogP contribution in [-0.4, -0.2) is 17.4 Å². The third-order valence-corrected chi connectivity index (χ3v) is 4.08. The summed E-state index contributed by atoms with van der Waals surface area (Å²) in [4.78, 5) is 6.66. The molecule has 1 atom stereocenters. The van der Waals surface area contributed by atoms with Gasteiger partial charge in [-0.1, -0.05) is 54.1 Å². The molecule has 0 saturated heterocycles. The standard InChI is InChI=1S/C18H21N3/c1-13-8-9-16(14(2)10-13)17-11-20-18(19)21(17)12-15-6-4-3-5-7-15/h3-10,17H,11-12H2,1-2H3,(H2,19,20). The number of guanidine groups is 1. The summed E-state index contributed by atoms with van der Waals surface area (Å²) < 4.78 is 0. The molecule has 0 saturated carbocycles. The van der Waals surface area contributed by atoms with E-state index in [9.17, 15) is 0 Å². The van der Waals surface area contributed by atoms with Crippen LogP contribution in [-0.2, 0) is 6.54 Å². The minimum Gasteiger partial charge on any atom is -0.370 e. The van der Waals surface area contributed by atoms with E-state index in [1.54, 1.807) is 0 Å². The Morgan fingerprint density at radius 2 is 1.90 bits per heavy atom. The monoisotopic (exact) mass is 279 g/mol. The summed E-state index contributed by atoms with van der Waals surface area (Å²) in [6, 6.07) is 17.3. The first-order chi connectivity index (χ1) is 10.1. The van der Waals surface area contributed by atoms with E-state index in [1.807, 2.05) is 6.07 Å². The van der Waals surface area contributed by atoms with Crippen molar-refractivity contribution in [2.75, 3.05) is 6.54 Å². The Labute approximate surface area is 126 Å². The van der Waals surface area contributed by atoms with Crippen LogP contribution in [0.3, 0.4) is 0 Å². The topological polar surface area (TPSA) is 41.6 Å². The fourth-order valence-corrected chi connectivity index (χ4v) is 2.97. The van der Waals surface area contributed by atoms with Gasteiger partial charge < -0.3 is 10.6 Å². The van der Waals surface area contributed by atoms with Crippen molar-refractivity contribution in [2.24, 2.45) is 10.7 Å². The van der Waals surface area contributed by atoms with E-state index in [0.29, 0.717) is 5.96 Å². The van der Waals surface area contributed by atoms with Gasteiger partial charge in [0, 0.05) is 6.54 Å². The largest absolute Gasteiger partial charge is 0.370 e. The number of hydrogen-bond acceptors (Lipinski definition) is 3. The summed E-state index contributed by atoms with van der Waals surface area (Å²) in [6.45, 7) is 5.83. The molecule has 0 fully saturated rings. The van der Waals surface area contributed by atoms with Gasteiger partial charge in [0.15, 0.2) is 5.96 Å². The van der Waals surface area contributed by atoms with E-state index in [-0.39, 0.29) is 6.04 Å². The molecule has 0 spiro atoms. The molecule has 3 rings (SSSR count). The molecular formula is C18H21N3. The second-order valence-electron chi connectivity index (χ2n) is 5.69. The van der Waals surface area contributed by atoms with Crippen LogP contribution in [0.15, 0.2) is 53.5 Å². The lowest BCUT2D eigenvalue weighted by molar-refractivity contribution is 0.339. The number of aryl methyl sites for hydroxylation is 2. The average molecular weight is 279 g/mol. The van der Waals surface area contributed by atoms with Crippen LogP contribution >= 0.6 is 0 Å². The average Bonchev–Trinajstić information content (AvgIpc) is 2.82. The SMILES string of the molecule is Cc1ccc(C2CN=C(N)N2Cc2ccccc2)c(C)c1. The van der Waals surface area contributed by atoms with Gasteiger partial charge in [-0.15, -0.1) is 0 Å². The summed E-state index contributed by atoms with van der Waals surface area (Å²) in [5, 5.41) is 0. The molecule has 0 aliphatic carbocycles. The van der Waals surface area contributed by atoms with Gasteiger partial charge in [-0.25, -0.2) is 0 Å². The van der Waals surface area contributed by atoms with Gasteiger partial charge in [0.2, 0.25) is 0 Å². The first-order valence-corrected chi connectivity index (χ1v) is 7.33. The highest BCUT2D eigenvalue weighted by Gasteiger charge is 2.28. The Morgan fingerprint density at radius 1 is 1.14 bits per heavy atom. The van der Waals surface area contributed by atoms with E-state index >= 15 is 0 Å². The highest BCUT2D eigenvalue weighted by atomic mass is 15.3. The zero-order chi connectivity index (χ0) is 14.8. The number of nitrogens with zero attached hydrogens (tertiary/aromatic N) is 2. The van der Waals surface area contributed by atoms with Gasteiger partial charge in [-0.2, -0.15) is 0 Å². The van der Waals surface area contributed by atoms with Crippen LogP contribution in [0.1, 0.15) is 28.3 Å². The van der Waals surface area contributed by atoms with Crippen molar-refractivity contribution in [3.05, 3.63) is 70.8 Å². The van der Waals surface area contributed by atoms with Crippen LogP contribution in [0, 0.1) is 13.8 Å². The quantitative estimate of drug-likeness (QED) is 0.937. The summed E-state index contributed by atoms with van der Waals surface area (Å²) in [5.74, 6) is 0.642. The molecule has 1 unspecified atom stereocenters. The summed E-state index contributed by atoms with van der Waals surface area (Å²) in [5.41, 5.74) is 11.3. The van der Waals surface area contributed by atoms with Crippen molar-refractivity contribution in [3.63, 3.8) is 0 Å². The number of rotatable bonds is 3. The third kappa shape index (κ3) is 2.77. The van der Waals surface area contributed by atoms with E-state index in [2.05, 4.69) is 66.2 Å². The molecule has 1 aliphatic heterocycles. The lowest BCUT2D eigenvalue weighted by Crippen LogP contribution is -2.35. The summed E-state index contributed by atoms with van der Waals surface area (Å²) >= 11 is 0. The molecule has 108 valence electrons. The van der Waals surface area contributed by atoms with Crippen molar-refractivity contribution in [1.82, 2.24) is 4.90 Å². The Bertz CT molecular complexity index is 661. The molecule has 2 aromatic carbocycles. The van der Waals surface area contributed by atoms with Crippen LogP contribution in [0.2, 0.25) is 0 Å². The van der Waals surface area contributed by atoms with Gasteiger partial charge in [-0.3, -0.25) is 4.99 Å². The lowest BCUT2D eigenvalue weighted by Gasteiger charge is -2.28. The molecule has 1 heterocycles. The lowest BCUT2D eigenvalue weighted by atomic mass is 9.98. The van der Waals surface area contributed by atoms with Crippen molar-refractivity contribution in [3.8, 4) is 0 Å². The molecule has 3 nitrogen and oxygen atoms in total. The summed E-state index contributed by atoms with van der Waals surface area (Å²) in [7, 11) is 0. The molecule has 0 radical (unpaired) electrons. The van der Waals surface area contributed by atoms with Crippen molar-refractivity contribution >= 4 is 5.96 Å². The van der Waals surface area contributed by atoms with Crippen molar-refractivity contribution < 1.29 is 0 Å². The highest BCUT2D eigenvalue weighted by Crippen LogP contribution is 2.29. The maximum absolute atomic E-state index is 6.11. The van der Waals surface area contributed by atoms with Gasteiger partial charge in [0.25, 0.3) is 0 Å². The van der Waals surface area contributed by atoms with Crippen LogP contribution in [0.5, 0.6) is 0 Å². The van der Waals surface area contributed by atoms with Gasteiger partial charge >= 0.3 is 0 Å². The Kier molecular flexibility index (Phi) is 3.65. The van der Waals surface area contributed by atoms with Crippen LogP contribution in [0.25, 0.3) is 0 Å². The van der Waals surface area contributed by atoms with E-state index in [0.717, 1.165) is 13.1 Å². The van der Waals surface area contributed by atoms with Crippen LogP contribution < -0.4 is 5.73 Å². The summed E-state index contributed by atoms with van der Waals surface area (Å²) in [6.07, 6.45) is 0. The van der Waals surface area contributed by atoms with E-state index < -0.39 is 0 Å². The molecule has 0 amide bonds. The third-order valence-electron chi connectivity index (χ3n) is 4.08. The normalized spacial score (nSPS) is 17.9. The predicted molar refractivity (Wildman–Crippen MR) is 87.1 cm³/mol. The van der Waals surface area contributed by atoms with Crippen molar-refractivity contribution in [2.45, 2.75) is 26.4 Å². The second kappa shape index (κ2) is 5.60. The molecule has 21 heavy (non-hydrogen) atoms. The minimum atomic E-state index is 0.241. The molecule has 2 aromatic rings. The van der Waals surface area contributed by atoms with Gasteiger partial charge in [-0.05, 0) is 30.5 Å². The highest BCUT2D eigenvalue weighted by molar-refractivity contribution is 5.80. The number of benzene rings is 2. The smallest absolute Gasteiger partial charge is 0.192 e. The molecule has 2 N–H and O–H groups in total. The fourth-order valence-electron chi connectivity index (χ4n) is 2.97. The maximum Gasteiger partial charge on any atom is 0.192 e. The van der Waals surface area contributed by atoms with Gasteiger partial charge in [0.1, 0.15) is 0 Å². The molecular weight excluding hydrogens is 258 g/mol. The van der Waals surface area contributed by atoms with E-state index in [4.69, 9.17) is 5.73 Å². The zero-order valence-electron chi connectivity index (χ0n) is 12.6. The fraction of sp³-hybridized carbons (Fsp3) is 0.278. The van der Waals surface area contributed by atoms with Crippen LogP contribution in [0.4, 0.5) is 0 Å².